The fourth-order valence-electron chi connectivity index (χ4n) is 0.346. The summed E-state index contributed by atoms with van der Waals surface area (Å²) in [5.41, 5.74) is 0. The second-order valence-corrected chi connectivity index (χ2v) is 1.51. The normalized spacial score (nSPS) is 9.00. The number of carboxylic acid groups (broad SMARTS) is 1. The molecule has 0 saturated carbocycles. The Morgan fingerprint density at radius 1 is 1.67 bits per heavy atom. The number of carbonyl (C=O) groups is 1. The van der Waals surface area contributed by atoms with Gasteiger partial charge in [-0.1, -0.05) is 19.4 Å². The molecule has 0 spiro atoms. The summed E-state index contributed by atoms with van der Waals surface area (Å²) in [6, 6.07) is 0. The van der Waals surface area contributed by atoms with E-state index >= 15 is 0 Å². The van der Waals surface area contributed by atoms with Crippen molar-refractivity contribution in [2.45, 2.75) is 19.8 Å². The molecule has 0 saturated heterocycles. The number of unbranched alkanes of at least 4 members (excludes halogenated alkanes) is 1. The Kier molecular flexibility index (Phi) is 12.3. The molecule has 0 aromatic carbocycles. The van der Waals surface area contributed by atoms with E-state index < -0.39 is 5.97 Å². The van der Waals surface area contributed by atoms with E-state index in [0.717, 1.165) is 18.9 Å². The van der Waals surface area contributed by atoms with Crippen molar-refractivity contribution >= 4 is 5.97 Å². The van der Waals surface area contributed by atoms with Gasteiger partial charge in [-0.3, -0.25) is 0 Å². The van der Waals surface area contributed by atoms with Crippen LogP contribution in [-0.2, 0) is 4.79 Å². The van der Waals surface area contributed by atoms with Gasteiger partial charge in [0.05, 0.1) is 5.97 Å². The second-order valence-electron chi connectivity index (χ2n) is 1.51. The van der Waals surface area contributed by atoms with Crippen molar-refractivity contribution in [1.82, 2.24) is 0 Å². The minimum atomic E-state index is -1.11. The molecule has 0 aliphatic rings. The van der Waals surface area contributed by atoms with Crippen molar-refractivity contribution in [3.63, 3.8) is 0 Å². The van der Waals surface area contributed by atoms with E-state index in [-0.39, 0.29) is 51.4 Å². The number of hydrogen-bond donors (Lipinski definition) is 0. The van der Waals surface area contributed by atoms with Crippen LogP contribution in [-0.4, -0.2) is 5.97 Å². The number of allylic oxidation sites excluding steroid dienone is 1. The molecule has 0 rings (SSSR count). The molecule has 0 N–H and O–H groups in total. The van der Waals surface area contributed by atoms with Gasteiger partial charge in [-0.05, 0) is 12.5 Å². The third-order valence-corrected chi connectivity index (χ3v) is 0.709. The standard InChI is InChI=1S/C6H10O2.K/c1-2-3-4-5-6(7)8;/h4-5H,2-3H2,1H3,(H,7,8);/q;+1/p-1. The summed E-state index contributed by atoms with van der Waals surface area (Å²) in [6.07, 6.45) is 4.44. The average molecular weight is 152 g/mol. The predicted molar refractivity (Wildman–Crippen MR) is 29.1 cm³/mol. The van der Waals surface area contributed by atoms with Gasteiger partial charge in [0.1, 0.15) is 0 Å². The van der Waals surface area contributed by atoms with Crippen molar-refractivity contribution in [1.29, 1.82) is 0 Å². The predicted octanol–water partition coefficient (Wildman–Crippen LogP) is -2.90. The first-order valence-electron chi connectivity index (χ1n) is 2.65. The monoisotopic (exact) mass is 152 g/mol. The number of rotatable bonds is 3. The van der Waals surface area contributed by atoms with Crippen molar-refractivity contribution < 1.29 is 61.3 Å². The zero-order valence-electron chi connectivity index (χ0n) is 5.89. The molecule has 46 valence electrons. The average Bonchev–Trinajstić information content (AvgIpc) is 1.66. The maximum atomic E-state index is 9.68. The number of aliphatic carboxylic acids is 1. The Morgan fingerprint density at radius 3 is 2.56 bits per heavy atom. The van der Waals surface area contributed by atoms with Crippen LogP contribution in [0.1, 0.15) is 19.8 Å². The topological polar surface area (TPSA) is 40.1 Å². The molecule has 2 nitrogen and oxygen atoms in total. The quantitative estimate of drug-likeness (QED) is 0.321. The van der Waals surface area contributed by atoms with Crippen LogP contribution in [0.5, 0.6) is 0 Å². The van der Waals surface area contributed by atoms with E-state index in [0.29, 0.717) is 0 Å². The Labute approximate surface area is 97.8 Å². The van der Waals surface area contributed by atoms with Crippen LogP contribution in [0.3, 0.4) is 0 Å². The molecular formula is C6H9KO2. The largest absolute Gasteiger partial charge is 1.00 e. The molecule has 0 fully saturated rings. The van der Waals surface area contributed by atoms with Crippen LogP contribution >= 0.6 is 0 Å². The Bertz CT molecular complexity index is 99.2. The van der Waals surface area contributed by atoms with Crippen LogP contribution in [0.25, 0.3) is 0 Å². The van der Waals surface area contributed by atoms with E-state index in [2.05, 4.69) is 0 Å². The molecule has 0 aliphatic heterocycles. The molecule has 0 aromatic rings. The van der Waals surface area contributed by atoms with Crippen LogP contribution in [0, 0.1) is 0 Å². The van der Waals surface area contributed by atoms with Gasteiger partial charge in [-0.2, -0.15) is 0 Å². The summed E-state index contributed by atoms with van der Waals surface area (Å²) in [5, 5.41) is 9.68. The molecule has 0 aliphatic carbocycles. The minimum absolute atomic E-state index is 0. The van der Waals surface area contributed by atoms with Crippen LogP contribution < -0.4 is 56.5 Å². The molecule has 9 heavy (non-hydrogen) atoms. The molecule has 3 heteroatoms. The maximum absolute atomic E-state index is 9.68. The second kappa shape index (κ2) is 8.85. The third-order valence-electron chi connectivity index (χ3n) is 0.709. The Balaban J connectivity index is 0. The number of hydrogen-bond acceptors (Lipinski definition) is 2. The smallest absolute Gasteiger partial charge is 0.545 e. The van der Waals surface area contributed by atoms with Gasteiger partial charge in [0.2, 0.25) is 0 Å². The summed E-state index contributed by atoms with van der Waals surface area (Å²) in [5.74, 6) is -1.11. The summed E-state index contributed by atoms with van der Waals surface area (Å²) in [6.45, 7) is 1.99. The Morgan fingerprint density at radius 2 is 2.22 bits per heavy atom. The van der Waals surface area contributed by atoms with E-state index in [4.69, 9.17) is 0 Å². The molecule has 0 heterocycles. The van der Waals surface area contributed by atoms with Crippen LogP contribution in [0.4, 0.5) is 0 Å². The van der Waals surface area contributed by atoms with Crippen molar-refractivity contribution in [3.8, 4) is 0 Å². The zero-order chi connectivity index (χ0) is 6.41. The first kappa shape index (κ1) is 12.5. The SMILES string of the molecule is CCCC=CC(=O)[O-].[K+]. The maximum Gasteiger partial charge on any atom is 1.00 e. The summed E-state index contributed by atoms with van der Waals surface area (Å²) in [4.78, 5) is 9.68. The first-order chi connectivity index (χ1) is 3.77. The van der Waals surface area contributed by atoms with Gasteiger partial charge in [-0.15, -0.1) is 0 Å². The van der Waals surface area contributed by atoms with Crippen LogP contribution in [0.2, 0.25) is 0 Å². The van der Waals surface area contributed by atoms with Crippen molar-refractivity contribution in [3.05, 3.63) is 12.2 Å². The summed E-state index contributed by atoms with van der Waals surface area (Å²) < 4.78 is 0. The molecule has 0 unspecified atom stereocenters. The van der Waals surface area contributed by atoms with Crippen molar-refractivity contribution in [2.75, 3.05) is 0 Å². The Hall–Kier alpha value is 0.846. The zero-order valence-corrected chi connectivity index (χ0v) is 9.01. The van der Waals surface area contributed by atoms with Gasteiger partial charge < -0.3 is 9.90 Å². The van der Waals surface area contributed by atoms with Crippen molar-refractivity contribution in [2.24, 2.45) is 0 Å². The van der Waals surface area contributed by atoms with E-state index in [1.54, 1.807) is 6.08 Å². The van der Waals surface area contributed by atoms with Crippen LogP contribution in [0.15, 0.2) is 12.2 Å². The van der Waals surface area contributed by atoms with Gasteiger partial charge >= 0.3 is 51.4 Å². The molecule has 0 aromatic heterocycles. The fourth-order valence-corrected chi connectivity index (χ4v) is 0.346. The number of carboxylic acids is 1. The third kappa shape index (κ3) is 12.1. The van der Waals surface area contributed by atoms with Gasteiger partial charge in [0.25, 0.3) is 0 Å². The van der Waals surface area contributed by atoms with E-state index in [9.17, 15) is 9.90 Å². The minimum Gasteiger partial charge on any atom is -0.545 e. The first-order valence-corrected chi connectivity index (χ1v) is 2.65. The summed E-state index contributed by atoms with van der Waals surface area (Å²) in [7, 11) is 0. The molecular weight excluding hydrogens is 143 g/mol. The van der Waals surface area contributed by atoms with Gasteiger partial charge in [0.15, 0.2) is 0 Å². The molecule has 0 bridgehead atoms. The molecule has 0 amide bonds. The van der Waals surface area contributed by atoms with E-state index in [1.807, 2.05) is 6.92 Å². The van der Waals surface area contributed by atoms with Gasteiger partial charge in [0, 0.05) is 0 Å². The fraction of sp³-hybridized carbons (Fsp3) is 0.500. The van der Waals surface area contributed by atoms with E-state index in [1.165, 1.54) is 0 Å². The molecule has 0 radical (unpaired) electrons. The molecule has 0 atom stereocenters. The van der Waals surface area contributed by atoms with Gasteiger partial charge in [-0.25, -0.2) is 0 Å². The summed E-state index contributed by atoms with van der Waals surface area (Å²) >= 11 is 0. The number of carbonyl (C=O) groups excluding carboxylic acids is 1.